The molecular weight excluding hydrogens is 272 g/mol. The molecule has 0 radical (unpaired) electrons. The van der Waals surface area contributed by atoms with Crippen molar-refractivity contribution in [3.63, 3.8) is 0 Å². The topological polar surface area (TPSA) is 95.5 Å². The van der Waals surface area contributed by atoms with E-state index in [4.69, 9.17) is 5.11 Å². The lowest BCUT2D eigenvalue weighted by molar-refractivity contribution is -0.137. The van der Waals surface area contributed by atoms with E-state index in [1.165, 1.54) is 6.92 Å². The average molecular weight is 292 g/mol. The van der Waals surface area contributed by atoms with Crippen LogP contribution in [0.25, 0.3) is 0 Å². The van der Waals surface area contributed by atoms with Crippen molar-refractivity contribution in [2.75, 3.05) is 6.54 Å². The SMILES string of the molecule is CC(=O)NC(CC(=O)NCCCC(=O)O)c1ccccc1. The van der Waals surface area contributed by atoms with Crippen molar-refractivity contribution in [3.05, 3.63) is 35.9 Å². The van der Waals surface area contributed by atoms with Gasteiger partial charge in [-0.15, -0.1) is 0 Å². The summed E-state index contributed by atoms with van der Waals surface area (Å²) in [5.41, 5.74) is 0.855. The molecule has 3 N–H and O–H groups in total. The fourth-order valence-corrected chi connectivity index (χ4v) is 1.91. The van der Waals surface area contributed by atoms with Crippen LogP contribution in [0.2, 0.25) is 0 Å². The van der Waals surface area contributed by atoms with Gasteiger partial charge in [0.15, 0.2) is 0 Å². The van der Waals surface area contributed by atoms with Gasteiger partial charge >= 0.3 is 5.97 Å². The van der Waals surface area contributed by atoms with Gasteiger partial charge in [-0.3, -0.25) is 14.4 Å². The second-order valence-electron chi connectivity index (χ2n) is 4.72. The summed E-state index contributed by atoms with van der Waals surface area (Å²) in [5, 5.41) is 13.9. The van der Waals surface area contributed by atoms with Gasteiger partial charge < -0.3 is 15.7 Å². The van der Waals surface area contributed by atoms with Gasteiger partial charge in [-0.25, -0.2) is 0 Å². The van der Waals surface area contributed by atoms with E-state index in [-0.39, 0.29) is 30.7 Å². The Hall–Kier alpha value is -2.37. The summed E-state index contributed by atoms with van der Waals surface area (Å²) in [6.45, 7) is 1.72. The molecule has 1 atom stereocenters. The number of hydrogen-bond acceptors (Lipinski definition) is 3. The van der Waals surface area contributed by atoms with E-state index in [2.05, 4.69) is 10.6 Å². The molecule has 0 fully saturated rings. The van der Waals surface area contributed by atoms with Crippen molar-refractivity contribution < 1.29 is 19.5 Å². The lowest BCUT2D eigenvalue weighted by Gasteiger charge is -2.18. The molecule has 6 heteroatoms. The quantitative estimate of drug-likeness (QED) is 0.628. The third-order valence-electron chi connectivity index (χ3n) is 2.86. The molecule has 6 nitrogen and oxygen atoms in total. The average Bonchev–Trinajstić information content (AvgIpc) is 2.43. The third-order valence-corrected chi connectivity index (χ3v) is 2.86. The number of nitrogens with one attached hydrogen (secondary N) is 2. The molecule has 1 aromatic carbocycles. The number of carbonyl (C=O) groups is 3. The van der Waals surface area contributed by atoms with Gasteiger partial charge in [0.05, 0.1) is 12.5 Å². The first-order chi connectivity index (χ1) is 9.99. The maximum Gasteiger partial charge on any atom is 0.303 e. The van der Waals surface area contributed by atoms with Crippen LogP contribution >= 0.6 is 0 Å². The molecule has 0 bridgehead atoms. The first-order valence-electron chi connectivity index (χ1n) is 6.79. The van der Waals surface area contributed by atoms with E-state index >= 15 is 0 Å². The van der Waals surface area contributed by atoms with Crippen LogP contribution in [-0.2, 0) is 14.4 Å². The van der Waals surface area contributed by atoms with E-state index in [9.17, 15) is 14.4 Å². The minimum atomic E-state index is -0.885. The van der Waals surface area contributed by atoms with E-state index in [0.29, 0.717) is 13.0 Å². The maximum atomic E-state index is 11.8. The zero-order valence-corrected chi connectivity index (χ0v) is 12.0. The lowest BCUT2D eigenvalue weighted by Crippen LogP contribution is -2.33. The molecule has 1 unspecified atom stereocenters. The second kappa shape index (κ2) is 8.73. The Kier molecular flexibility index (Phi) is 6.94. The Labute approximate surface area is 123 Å². The molecular formula is C15H20N2O4. The first-order valence-corrected chi connectivity index (χ1v) is 6.79. The van der Waals surface area contributed by atoms with Crippen molar-refractivity contribution in [3.8, 4) is 0 Å². The summed E-state index contributed by atoms with van der Waals surface area (Å²) in [5.74, 6) is -1.31. The molecule has 0 aliphatic carbocycles. The van der Waals surface area contributed by atoms with E-state index in [1.54, 1.807) is 0 Å². The summed E-state index contributed by atoms with van der Waals surface area (Å²) >= 11 is 0. The molecule has 0 saturated carbocycles. The Balaban J connectivity index is 2.51. The number of carboxylic acid groups (broad SMARTS) is 1. The third kappa shape index (κ3) is 7.10. The highest BCUT2D eigenvalue weighted by Gasteiger charge is 2.16. The van der Waals surface area contributed by atoms with E-state index in [0.717, 1.165) is 5.56 Å². The molecule has 0 aliphatic rings. The van der Waals surface area contributed by atoms with Crippen molar-refractivity contribution in [1.82, 2.24) is 10.6 Å². The second-order valence-corrected chi connectivity index (χ2v) is 4.72. The molecule has 0 heterocycles. The van der Waals surface area contributed by atoms with Crippen LogP contribution in [0.5, 0.6) is 0 Å². The number of carbonyl (C=O) groups excluding carboxylic acids is 2. The number of benzene rings is 1. The summed E-state index contributed by atoms with van der Waals surface area (Å²) < 4.78 is 0. The van der Waals surface area contributed by atoms with E-state index in [1.807, 2.05) is 30.3 Å². The zero-order valence-electron chi connectivity index (χ0n) is 12.0. The smallest absolute Gasteiger partial charge is 0.303 e. The van der Waals surface area contributed by atoms with E-state index < -0.39 is 5.97 Å². The van der Waals surface area contributed by atoms with Crippen molar-refractivity contribution in [2.45, 2.75) is 32.2 Å². The fraction of sp³-hybridized carbons (Fsp3) is 0.400. The zero-order chi connectivity index (χ0) is 15.7. The minimum Gasteiger partial charge on any atom is -0.481 e. The van der Waals surface area contributed by atoms with Crippen LogP contribution < -0.4 is 10.6 Å². The van der Waals surface area contributed by atoms with Crippen LogP contribution in [0.3, 0.4) is 0 Å². The summed E-state index contributed by atoms with van der Waals surface area (Å²) in [4.78, 5) is 33.4. The van der Waals surface area contributed by atoms with Crippen LogP contribution in [0.1, 0.15) is 37.8 Å². The fourth-order valence-electron chi connectivity index (χ4n) is 1.91. The summed E-state index contributed by atoms with van der Waals surface area (Å²) in [7, 11) is 0. The number of amides is 2. The summed E-state index contributed by atoms with van der Waals surface area (Å²) in [6, 6.07) is 8.85. The predicted octanol–water partition coefficient (Wildman–Crippen LogP) is 1.23. The molecule has 0 spiro atoms. The standard InChI is InChI=1S/C15H20N2O4/c1-11(18)17-13(12-6-3-2-4-7-12)10-14(19)16-9-5-8-15(20)21/h2-4,6-7,13H,5,8-10H2,1H3,(H,16,19)(H,17,18)(H,20,21). The Morgan fingerprint density at radius 2 is 1.86 bits per heavy atom. The number of carboxylic acids is 1. The molecule has 0 aromatic heterocycles. The molecule has 0 aliphatic heterocycles. The minimum absolute atomic E-state index is 0.0219. The number of aliphatic carboxylic acids is 1. The highest BCUT2D eigenvalue weighted by Crippen LogP contribution is 2.16. The lowest BCUT2D eigenvalue weighted by atomic mass is 10.0. The summed E-state index contributed by atoms with van der Waals surface area (Å²) in [6.07, 6.45) is 0.530. The first kappa shape index (κ1) is 16.7. The largest absolute Gasteiger partial charge is 0.481 e. The number of hydrogen-bond donors (Lipinski definition) is 3. The molecule has 1 rings (SSSR count). The highest BCUT2D eigenvalue weighted by atomic mass is 16.4. The van der Waals surface area contributed by atoms with Crippen LogP contribution in [0, 0.1) is 0 Å². The molecule has 1 aromatic rings. The van der Waals surface area contributed by atoms with Crippen molar-refractivity contribution in [1.29, 1.82) is 0 Å². The molecule has 21 heavy (non-hydrogen) atoms. The van der Waals surface area contributed by atoms with Crippen molar-refractivity contribution in [2.24, 2.45) is 0 Å². The van der Waals surface area contributed by atoms with Crippen LogP contribution in [0.4, 0.5) is 0 Å². The van der Waals surface area contributed by atoms with Crippen LogP contribution in [-0.4, -0.2) is 29.4 Å². The Morgan fingerprint density at radius 1 is 1.19 bits per heavy atom. The van der Waals surface area contributed by atoms with Gasteiger partial charge in [0.25, 0.3) is 0 Å². The van der Waals surface area contributed by atoms with Gasteiger partial charge in [-0.05, 0) is 12.0 Å². The monoisotopic (exact) mass is 292 g/mol. The predicted molar refractivity (Wildman–Crippen MR) is 77.5 cm³/mol. The molecule has 2 amide bonds. The Bertz CT molecular complexity index is 488. The van der Waals surface area contributed by atoms with Gasteiger partial charge in [0, 0.05) is 19.9 Å². The molecule has 0 saturated heterocycles. The number of rotatable bonds is 8. The normalized spacial score (nSPS) is 11.5. The van der Waals surface area contributed by atoms with Gasteiger partial charge in [0.2, 0.25) is 11.8 Å². The molecule has 114 valence electrons. The van der Waals surface area contributed by atoms with Crippen LogP contribution in [0.15, 0.2) is 30.3 Å². The van der Waals surface area contributed by atoms with Crippen molar-refractivity contribution >= 4 is 17.8 Å². The van der Waals surface area contributed by atoms with Gasteiger partial charge in [-0.2, -0.15) is 0 Å². The maximum absolute atomic E-state index is 11.8. The van der Waals surface area contributed by atoms with Gasteiger partial charge in [0.1, 0.15) is 0 Å². The Morgan fingerprint density at radius 3 is 2.43 bits per heavy atom. The highest BCUT2D eigenvalue weighted by molar-refractivity contribution is 5.79. The van der Waals surface area contributed by atoms with Gasteiger partial charge in [-0.1, -0.05) is 30.3 Å².